The van der Waals surface area contributed by atoms with Crippen molar-refractivity contribution >= 4 is 5.69 Å². The van der Waals surface area contributed by atoms with Crippen LogP contribution in [-0.4, -0.2) is 14.1 Å². The van der Waals surface area contributed by atoms with Crippen molar-refractivity contribution < 1.29 is 0 Å². The molecular weight excluding hydrogens is 256 g/mol. The summed E-state index contributed by atoms with van der Waals surface area (Å²) in [6, 6.07) is 17.8. The zero-order chi connectivity index (χ0) is 14.7. The highest BCUT2D eigenvalue weighted by Gasteiger charge is 2.23. The number of hydrogen-bond acceptors (Lipinski definition) is 2. The van der Waals surface area contributed by atoms with Crippen LogP contribution >= 0.6 is 0 Å². The minimum atomic E-state index is 0.837. The summed E-state index contributed by atoms with van der Waals surface area (Å²) in [5.74, 6) is 0.837. The van der Waals surface area contributed by atoms with Crippen molar-refractivity contribution in [2.24, 2.45) is 0 Å². The van der Waals surface area contributed by atoms with E-state index in [1.807, 2.05) is 0 Å². The predicted octanol–water partition coefficient (Wildman–Crippen LogP) is 3.92. The van der Waals surface area contributed by atoms with Crippen molar-refractivity contribution in [2.75, 3.05) is 19.0 Å². The molecule has 2 aromatic carbocycles. The molecule has 0 saturated heterocycles. The van der Waals surface area contributed by atoms with Crippen LogP contribution in [0.15, 0.2) is 48.5 Å². The first-order valence-electron chi connectivity index (χ1n) is 7.78. The molecular formula is C19H24N2. The van der Waals surface area contributed by atoms with Crippen LogP contribution in [0, 0.1) is 0 Å². The molecule has 3 rings (SSSR count). The SMILES string of the molecule is CN(C)c1ccc(CNCc2cccc(C3CC3)c2)cc1. The van der Waals surface area contributed by atoms with Crippen LogP contribution in [-0.2, 0) is 13.1 Å². The van der Waals surface area contributed by atoms with Crippen molar-refractivity contribution in [1.82, 2.24) is 5.32 Å². The van der Waals surface area contributed by atoms with Gasteiger partial charge in [0.25, 0.3) is 0 Å². The lowest BCUT2D eigenvalue weighted by Gasteiger charge is -2.13. The number of hydrogen-bond donors (Lipinski definition) is 1. The molecule has 0 amide bonds. The first kappa shape index (κ1) is 14.2. The molecule has 0 spiro atoms. The van der Waals surface area contributed by atoms with E-state index in [-0.39, 0.29) is 0 Å². The Balaban J connectivity index is 1.52. The number of anilines is 1. The second-order valence-electron chi connectivity index (χ2n) is 6.18. The molecule has 2 nitrogen and oxygen atoms in total. The van der Waals surface area contributed by atoms with E-state index >= 15 is 0 Å². The average Bonchev–Trinajstić information content (AvgIpc) is 3.33. The van der Waals surface area contributed by atoms with E-state index < -0.39 is 0 Å². The van der Waals surface area contributed by atoms with Gasteiger partial charge < -0.3 is 10.2 Å². The summed E-state index contributed by atoms with van der Waals surface area (Å²) in [5, 5.41) is 3.54. The fourth-order valence-electron chi connectivity index (χ4n) is 2.64. The molecule has 0 aromatic heterocycles. The topological polar surface area (TPSA) is 15.3 Å². The summed E-state index contributed by atoms with van der Waals surface area (Å²) in [6.07, 6.45) is 2.74. The Bertz CT molecular complexity index is 583. The first-order chi connectivity index (χ1) is 10.2. The maximum absolute atomic E-state index is 3.54. The quantitative estimate of drug-likeness (QED) is 0.862. The van der Waals surface area contributed by atoms with Crippen LogP contribution in [0.5, 0.6) is 0 Å². The molecule has 21 heavy (non-hydrogen) atoms. The Hall–Kier alpha value is -1.80. The van der Waals surface area contributed by atoms with E-state index in [1.54, 1.807) is 0 Å². The van der Waals surface area contributed by atoms with Crippen molar-refractivity contribution in [2.45, 2.75) is 31.8 Å². The van der Waals surface area contributed by atoms with Gasteiger partial charge >= 0.3 is 0 Å². The smallest absolute Gasteiger partial charge is 0.0361 e. The van der Waals surface area contributed by atoms with Crippen molar-refractivity contribution in [1.29, 1.82) is 0 Å². The van der Waals surface area contributed by atoms with Gasteiger partial charge in [0.2, 0.25) is 0 Å². The fraction of sp³-hybridized carbons (Fsp3) is 0.368. The van der Waals surface area contributed by atoms with Gasteiger partial charge in [0.05, 0.1) is 0 Å². The van der Waals surface area contributed by atoms with E-state index in [0.29, 0.717) is 0 Å². The lowest BCUT2D eigenvalue weighted by Crippen LogP contribution is -2.13. The van der Waals surface area contributed by atoms with E-state index in [2.05, 4.69) is 72.8 Å². The molecule has 110 valence electrons. The maximum atomic E-state index is 3.54. The molecule has 1 saturated carbocycles. The summed E-state index contributed by atoms with van der Waals surface area (Å²) < 4.78 is 0. The van der Waals surface area contributed by atoms with Crippen LogP contribution in [0.1, 0.15) is 35.4 Å². The molecule has 1 N–H and O–H groups in total. The van der Waals surface area contributed by atoms with Crippen molar-refractivity contribution in [3.05, 3.63) is 65.2 Å². The lowest BCUT2D eigenvalue weighted by atomic mass is 10.1. The minimum Gasteiger partial charge on any atom is -0.378 e. The van der Waals surface area contributed by atoms with Gasteiger partial charge in [-0.3, -0.25) is 0 Å². The molecule has 2 aromatic rings. The second kappa shape index (κ2) is 6.31. The number of nitrogens with one attached hydrogen (secondary N) is 1. The summed E-state index contributed by atoms with van der Waals surface area (Å²) >= 11 is 0. The van der Waals surface area contributed by atoms with Gasteiger partial charge in [0.1, 0.15) is 0 Å². The average molecular weight is 280 g/mol. The number of nitrogens with zero attached hydrogens (tertiary/aromatic N) is 1. The molecule has 0 unspecified atom stereocenters. The van der Waals surface area contributed by atoms with Gasteiger partial charge in [-0.05, 0) is 47.6 Å². The van der Waals surface area contributed by atoms with Crippen molar-refractivity contribution in [3.8, 4) is 0 Å². The summed E-state index contributed by atoms with van der Waals surface area (Å²) in [7, 11) is 4.14. The summed E-state index contributed by atoms with van der Waals surface area (Å²) in [5.41, 5.74) is 5.49. The third kappa shape index (κ3) is 3.85. The van der Waals surface area contributed by atoms with Gasteiger partial charge in [-0.1, -0.05) is 36.4 Å². The molecule has 1 aliphatic carbocycles. The second-order valence-corrected chi connectivity index (χ2v) is 6.18. The first-order valence-corrected chi connectivity index (χ1v) is 7.78. The van der Waals surface area contributed by atoms with Gasteiger partial charge in [-0.2, -0.15) is 0 Å². The standard InChI is InChI=1S/C19H24N2/c1-21(2)19-10-6-15(7-11-19)13-20-14-16-4-3-5-18(12-16)17-8-9-17/h3-7,10-12,17,20H,8-9,13-14H2,1-2H3. The Morgan fingerprint density at radius 3 is 2.33 bits per heavy atom. The third-order valence-corrected chi connectivity index (χ3v) is 4.11. The number of benzene rings is 2. The molecule has 0 radical (unpaired) electrons. The van der Waals surface area contributed by atoms with Gasteiger partial charge in [0.15, 0.2) is 0 Å². The maximum Gasteiger partial charge on any atom is 0.0361 e. The van der Waals surface area contributed by atoms with Crippen LogP contribution in [0.3, 0.4) is 0 Å². The Morgan fingerprint density at radius 1 is 0.952 bits per heavy atom. The highest BCUT2D eigenvalue weighted by atomic mass is 15.1. The van der Waals surface area contributed by atoms with E-state index in [0.717, 1.165) is 19.0 Å². The van der Waals surface area contributed by atoms with Crippen LogP contribution in [0.2, 0.25) is 0 Å². The zero-order valence-corrected chi connectivity index (χ0v) is 13.0. The molecule has 2 heteroatoms. The molecule has 0 bridgehead atoms. The number of rotatable bonds is 6. The largest absolute Gasteiger partial charge is 0.378 e. The fourth-order valence-corrected chi connectivity index (χ4v) is 2.64. The summed E-state index contributed by atoms with van der Waals surface area (Å²) in [4.78, 5) is 2.13. The van der Waals surface area contributed by atoms with Gasteiger partial charge in [-0.25, -0.2) is 0 Å². The van der Waals surface area contributed by atoms with E-state index in [1.165, 1.54) is 35.2 Å². The molecule has 0 aliphatic heterocycles. The highest BCUT2D eigenvalue weighted by molar-refractivity contribution is 5.45. The van der Waals surface area contributed by atoms with Crippen LogP contribution < -0.4 is 10.2 Å². The minimum absolute atomic E-state index is 0.837. The van der Waals surface area contributed by atoms with E-state index in [4.69, 9.17) is 0 Å². The third-order valence-electron chi connectivity index (χ3n) is 4.11. The van der Waals surface area contributed by atoms with E-state index in [9.17, 15) is 0 Å². The molecule has 0 atom stereocenters. The Morgan fingerprint density at radius 2 is 1.67 bits per heavy atom. The summed E-state index contributed by atoms with van der Waals surface area (Å²) in [6.45, 7) is 1.86. The van der Waals surface area contributed by atoms with Crippen molar-refractivity contribution in [3.63, 3.8) is 0 Å². The Labute approximate surface area is 127 Å². The Kier molecular flexibility index (Phi) is 4.26. The molecule has 1 aliphatic rings. The monoisotopic (exact) mass is 280 g/mol. The highest BCUT2D eigenvalue weighted by Crippen LogP contribution is 2.40. The lowest BCUT2D eigenvalue weighted by molar-refractivity contribution is 0.692. The van der Waals surface area contributed by atoms with Crippen LogP contribution in [0.4, 0.5) is 5.69 Å². The normalized spacial score (nSPS) is 14.2. The molecule has 1 fully saturated rings. The van der Waals surface area contributed by atoms with Crippen LogP contribution in [0.25, 0.3) is 0 Å². The predicted molar refractivity (Wildman–Crippen MR) is 89.7 cm³/mol. The molecule has 0 heterocycles. The van der Waals surface area contributed by atoms with Gasteiger partial charge in [-0.15, -0.1) is 0 Å². The zero-order valence-electron chi connectivity index (χ0n) is 13.0. The van der Waals surface area contributed by atoms with Gasteiger partial charge in [0, 0.05) is 32.9 Å².